The Kier molecular flexibility index (Phi) is 5.02. The van der Waals surface area contributed by atoms with E-state index in [1.54, 1.807) is 0 Å². The number of hydrogen-bond acceptors (Lipinski definition) is 10. The van der Waals surface area contributed by atoms with Crippen LogP contribution in [0.15, 0.2) is 9.79 Å². The number of nitrogens with zero attached hydrogens (tertiary/aromatic N) is 3. The minimum Gasteiger partial charge on any atom is -0.394 e. The number of aliphatic hydroxyl groups excluding tert-OH is 5. The van der Waals surface area contributed by atoms with Crippen molar-refractivity contribution in [3.8, 4) is 0 Å². The van der Waals surface area contributed by atoms with Crippen LogP contribution in [0.4, 0.5) is 11.5 Å². The summed E-state index contributed by atoms with van der Waals surface area (Å²) in [5, 5.41) is 49.7. The van der Waals surface area contributed by atoms with Crippen molar-refractivity contribution in [2.75, 3.05) is 13.2 Å². The van der Waals surface area contributed by atoms with Crippen molar-refractivity contribution in [2.45, 2.75) is 49.4 Å². The molecule has 0 aliphatic carbocycles. The van der Waals surface area contributed by atoms with Crippen molar-refractivity contribution in [2.24, 2.45) is 4.99 Å². The Bertz CT molecular complexity index is 852. The average molecular weight is 420 g/mol. The molecule has 3 aliphatic heterocycles. The van der Waals surface area contributed by atoms with Gasteiger partial charge in [0.2, 0.25) is 29.8 Å². The van der Waals surface area contributed by atoms with Crippen LogP contribution in [0.2, 0.25) is 5.28 Å². The fourth-order valence-corrected chi connectivity index (χ4v) is 4.13. The molecule has 2 saturated heterocycles. The molecule has 2 fully saturated rings. The Morgan fingerprint density at radius 1 is 1.18 bits per heavy atom. The molecule has 13 heteroatoms. The molecule has 0 aromatic carbocycles. The summed E-state index contributed by atoms with van der Waals surface area (Å²) in [7, 11) is 0. The van der Waals surface area contributed by atoms with Crippen LogP contribution in [-0.2, 0) is 9.47 Å². The predicted octanol–water partition coefficient (Wildman–Crippen LogP) is -2.69. The molecular weight excluding hydrogens is 400 g/mol. The quantitative estimate of drug-likeness (QED) is 0.224. The molecule has 6 N–H and O–H groups in total. The average Bonchev–Trinajstić information content (AvgIpc) is 3.31. The number of rotatable bonds is 4. The summed E-state index contributed by atoms with van der Waals surface area (Å²) >= 11 is 5.92. The summed E-state index contributed by atoms with van der Waals surface area (Å²) in [6.07, 6.45) is -6.92. The topological polar surface area (TPSA) is 178 Å². The molecule has 1 aromatic heterocycles. The van der Waals surface area contributed by atoms with E-state index in [1.807, 2.05) is 0 Å². The van der Waals surface area contributed by atoms with Gasteiger partial charge in [0.25, 0.3) is 11.4 Å². The van der Waals surface area contributed by atoms with Gasteiger partial charge in [0.15, 0.2) is 6.10 Å². The molecule has 0 radical (unpaired) electrons. The normalized spacial score (nSPS) is 42.3. The van der Waals surface area contributed by atoms with Gasteiger partial charge in [-0.05, 0) is 11.6 Å². The van der Waals surface area contributed by atoms with Crippen molar-refractivity contribution in [3.05, 3.63) is 15.6 Å². The van der Waals surface area contributed by atoms with E-state index in [9.17, 15) is 30.3 Å². The van der Waals surface area contributed by atoms with Gasteiger partial charge in [-0.3, -0.25) is 9.78 Å². The lowest BCUT2D eigenvalue weighted by Gasteiger charge is -2.39. The molecule has 0 bridgehead atoms. The minimum absolute atomic E-state index is 0.000574. The summed E-state index contributed by atoms with van der Waals surface area (Å²) < 4.78 is 10.9. The third-order valence-electron chi connectivity index (χ3n) is 5.39. The largest absolute Gasteiger partial charge is 0.394 e. The Balaban J connectivity index is 1.86. The number of aromatic nitrogens is 2. The van der Waals surface area contributed by atoms with Gasteiger partial charge >= 0.3 is 0 Å². The Labute approximate surface area is 162 Å². The second-order valence-corrected chi connectivity index (χ2v) is 7.31. The molecule has 8 atom stereocenters. The van der Waals surface area contributed by atoms with E-state index in [0.717, 1.165) is 0 Å². The molecule has 1 aromatic rings. The standard InChI is InChI=1S/C15H19ClN4O8/c16-15-18-12-9(13(26)19-15)17-4-20(12,8-1-5(23)6(2-21)27-8)14-11(25)10(24)7(3-22)28-14/h4-8,10-11,14,21-25H,1-3H2/p+1/t5-,6+,7+,8?,10+,11+,14+,20-/m0/s1. The highest BCUT2D eigenvalue weighted by Gasteiger charge is 2.63. The fourth-order valence-electron chi connectivity index (χ4n) is 3.96. The van der Waals surface area contributed by atoms with Crippen LogP contribution in [0.5, 0.6) is 0 Å². The monoisotopic (exact) mass is 419 g/mol. The van der Waals surface area contributed by atoms with Gasteiger partial charge in [-0.1, -0.05) is 0 Å². The first-order chi connectivity index (χ1) is 13.3. The lowest BCUT2D eigenvalue weighted by atomic mass is 10.1. The predicted molar refractivity (Wildman–Crippen MR) is 93.9 cm³/mol. The molecule has 3 aliphatic rings. The maximum Gasteiger partial charge on any atom is 0.284 e. The van der Waals surface area contributed by atoms with Crippen LogP contribution in [-0.4, -0.2) is 98.0 Å². The van der Waals surface area contributed by atoms with Crippen molar-refractivity contribution in [1.29, 1.82) is 0 Å². The highest BCUT2D eigenvalue weighted by molar-refractivity contribution is 6.28. The van der Waals surface area contributed by atoms with Gasteiger partial charge < -0.3 is 35.0 Å². The first-order valence-electron chi connectivity index (χ1n) is 8.64. The SMILES string of the molecule is O=c1[nH]c(Cl)nc2c1N=C[N@@+]2(C1C[C@H](O)[C@@H](CO)O1)[C@@H]1O[C@H](CO)[C@@H](O)[C@H]1O. The van der Waals surface area contributed by atoms with Crippen LogP contribution >= 0.6 is 11.6 Å². The number of nitrogens with one attached hydrogen (secondary N) is 1. The molecule has 4 rings (SSSR count). The Morgan fingerprint density at radius 3 is 2.50 bits per heavy atom. The molecule has 0 spiro atoms. The van der Waals surface area contributed by atoms with Crippen LogP contribution in [0, 0.1) is 0 Å². The zero-order valence-electron chi connectivity index (χ0n) is 14.4. The fraction of sp³-hybridized carbons (Fsp3) is 0.667. The van der Waals surface area contributed by atoms with Crippen LogP contribution in [0.25, 0.3) is 0 Å². The lowest BCUT2D eigenvalue weighted by Crippen LogP contribution is -2.65. The van der Waals surface area contributed by atoms with Crippen molar-refractivity contribution < 1.29 is 35.0 Å². The van der Waals surface area contributed by atoms with E-state index in [1.165, 1.54) is 6.34 Å². The number of aliphatic hydroxyl groups is 5. The molecular formula is C15H20ClN4O8+. The maximum absolute atomic E-state index is 12.3. The number of aromatic amines is 1. The van der Waals surface area contributed by atoms with Crippen molar-refractivity contribution >= 4 is 29.4 Å². The number of quaternary nitrogens is 1. The van der Waals surface area contributed by atoms with Crippen molar-refractivity contribution in [3.63, 3.8) is 0 Å². The van der Waals surface area contributed by atoms with Crippen LogP contribution in [0.1, 0.15) is 6.42 Å². The summed E-state index contributed by atoms with van der Waals surface area (Å²) in [5.74, 6) is -0.000574. The van der Waals surface area contributed by atoms with E-state index in [-0.39, 0.29) is 23.2 Å². The van der Waals surface area contributed by atoms with E-state index in [2.05, 4.69) is 15.0 Å². The second kappa shape index (κ2) is 7.09. The number of fused-ring (bicyclic) bond motifs is 1. The molecule has 0 amide bonds. The molecule has 28 heavy (non-hydrogen) atoms. The van der Waals surface area contributed by atoms with E-state index < -0.39 is 66.2 Å². The number of halogens is 1. The van der Waals surface area contributed by atoms with Gasteiger partial charge in [0.05, 0.1) is 25.7 Å². The minimum atomic E-state index is -1.50. The summed E-state index contributed by atoms with van der Waals surface area (Å²) in [5.41, 5.74) is -0.720. The first-order valence-corrected chi connectivity index (χ1v) is 9.01. The first kappa shape index (κ1) is 19.8. The highest BCUT2D eigenvalue weighted by Crippen LogP contribution is 2.45. The molecule has 154 valence electrons. The van der Waals surface area contributed by atoms with E-state index >= 15 is 0 Å². The van der Waals surface area contributed by atoms with E-state index in [4.69, 9.17) is 21.1 Å². The zero-order valence-corrected chi connectivity index (χ0v) is 15.2. The van der Waals surface area contributed by atoms with Gasteiger partial charge in [-0.15, -0.1) is 0 Å². The van der Waals surface area contributed by atoms with Gasteiger partial charge in [-0.2, -0.15) is 14.5 Å². The summed E-state index contributed by atoms with van der Waals surface area (Å²) in [6, 6.07) is 0. The molecule has 1 unspecified atom stereocenters. The summed E-state index contributed by atoms with van der Waals surface area (Å²) in [6.45, 7) is -1.02. The van der Waals surface area contributed by atoms with Gasteiger partial charge in [-0.25, -0.2) is 0 Å². The van der Waals surface area contributed by atoms with Gasteiger partial charge in [0, 0.05) is 0 Å². The smallest absolute Gasteiger partial charge is 0.284 e. The van der Waals surface area contributed by atoms with Crippen LogP contribution in [0.3, 0.4) is 0 Å². The lowest BCUT2D eigenvalue weighted by molar-refractivity contribution is -0.133. The van der Waals surface area contributed by atoms with Crippen molar-refractivity contribution in [1.82, 2.24) is 14.5 Å². The number of ether oxygens (including phenoxy) is 2. The Hall–Kier alpha value is -1.48. The van der Waals surface area contributed by atoms with Crippen LogP contribution < -0.4 is 10.0 Å². The third kappa shape index (κ3) is 2.73. The molecule has 12 nitrogen and oxygen atoms in total. The maximum atomic E-state index is 12.3. The molecule has 0 saturated carbocycles. The third-order valence-corrected chi connectivity index (χ3v) is 5.57. The molecule has 4 heterocycles. The number of H-pyrrole nitrogens is 1. The second-order valence-electron chi connectivity index (χ2n) is 6.95. The Morgan fingerprint density at radius 2 is 1.89 bits per heavy atom. The zero-order chi connectivity index (χ0) is 20.2. The highest BCUT2D eigenvalue weighted by atomic mass is 35.5. The number of aliphatic imine (C=N–C) groups is 1. The van der Waals surface area contributed by atoms with Gasteiger partial charge in [0.1, 0.15) is 18.3 Å². The van der Waals surface area contributed by atoms with E-state index in [0.29, 0.717) is 0 Å². The number of hydrogen-bond donors (Lipinski definition) is 6. The summed E-state index contributed by atoms with van der Waals surface area (Å²) in [4.78, 5) is 22.8.